The second-order valence-corrected chi connectivity index (χ2v) is 4.17. The van der Waals surface area contributed by atoms with E-state index in [1.807, 2.05) is 30.3 Å². The average Bonchev–Trinajstić information content (AvgIpc) is 2.38. The van der Waals surface area contributed by atoms with Crippen molar-refractivity contribution < 1.29 is 9.90 Å². The monoisotopic (exact) mass is 232 g/mol. The molecule has 0 aliphatic carbocycles. The number of carbonyl (C=O) groups is 1. The Labute approximate surface area is 101 Å². The first kappa shape index (κ1) is 11.6. The van der Waals surface area contributed by atoms with Crippen molar-refractivity contribution in [1.29, 1.82) is 0 Å². The van der Waals surface area contributed by atoms with Gasteiger partial charge in [-0.3, -0.25) is 5.01 Å². The number of hydrogen-bond donors (Lipinski definition) is 1. The molecule has 1 N–H and O–H groups in total. The Hall–Kier alpha value is -1.84. The minimum absolute atomic E-state index is 0.469. The van der Waals surface area contributed by atoms with Crippen LogP contribution in [0.2, 0.25) is 0 Å². The summed E-state index contributed by atoms with van der Waals surface area (Å²) in [4.78, 5) is 11.1. The van der Waals surface area contributed by atoms with Gasteiger partial charge in [-0.25, -0.2) is 4.79 Å². The zero-order valence-electron chi connectivity index (χ0n) is 9.62. The summed E-state index contributed by atoms with van der Waals surface area (Å²) in [6.07, 6.45) is 4.38. The molecule has 1 aliphatic heterocycles. The van der Waals surface area contributed by atoms with Crippen molar-refractivity contribution in [3.05, 3.63) is 35.9 Å². The van der Waals surface area contributed by atoms with Crippen LogP contribution in [0.4, 0.5) is 0 Å². The summed E-state index contributed by atoms with van der Waals surface area (Å²) in [6.45, 7) is 0.723. The Morgan fingerprint density at radius 3 is 2.82 bits per heavy atom. The summed E-state index contributed by atoms with van der Waals surface area (Å²) >= 11 is 0. The number of carboxylic acids is 1. The van der Waals surface area contributed by atoms with E-state index in [2.05, 4.69) is 5.10 Å². The first-order valence-corrected chi connectivity index (χ1v) is 5.86. The number of piperidine rings is 1. The zero-order chi connectivity index (χ0) is 12.1. The quantitative estimate of drug-likeness (QED) is 0.810. The Bertz CT molecular complexity index is 403. The molecule has 1 unspecified atom stereocenters. The predicted octanol–water partition coefficient (Wildman–Crippen LogP) is 1.96. The fourth-order valence-electron chi connectivity index (χ4n) is 1.99. The van der Waals surface area contributed by atoms with Gasteiger partial charge in [0.15, 0.2) is 0 Å². The maximum Gasteiger partial charge on any atom is 0.328 e. The molecule has 0 bridgehead atoms. The molecule has 1 aromatic carbocycles. The van der Waals surface area contributed by atoms with Gasteiger partial charge in [0.25, 0.3) is 0 Å². The van der Waals surface area contributed by atoms with E-state index in [0.717, 1.165) is 24.9 Å². The van der Waals surface area contributed by atoms with E-state index in [9.17, 15) is 4.79 Å². The zero-order valence-corrected chi connectivity index (χ0v) is 9.62. The third kappa shape index (κ3) is 3.06. The number of benzene rings is 1. The number of hydrogen-bond acceptors (Lipinski definition) is 3. The fraction of sp³-hybridized carbons (Fsp3) is 0.385. The standard InChI is InChI=1S/C13H16N2O2/c16-13(17)12-8-4-5-9-15(12)14-10-11-6-2-1-3-7-11/h1-3,6-7,10,12H,4-5,8-9H2,(H,16,17)/b14-10+. The van der Waals surface area contributed by atoms with Gasteiger partial charge in [-0.1, -0.05) is 30.3 Å². The van der Waals surface area contributed by atoms with Gasteiger partial charge in [-0.05, 0) is 24.8 Å². The fourth-order valence-corrected chi connectivity index (χ4v) is 1.99. The van der Waals surface area contributed by atoms with Crippen LogP contribution in [0, 0.1) is 0 Å². The number of aliphatic carboxylic acids is 1. The molecule has 0 amide bonds. The molecule has 1 atom stereocenters. The smallest absolute Gasteiger partial charge is 0.328 e. The highest BCUT2D eigenvalue weighted by Crippen LogP contribution is 2.17. The lowest BCUT2D eigenvalue weighted by Gasteiger charge is -2.30. The molecule has 0 saturated carbocycles. The number of nitrogens with zero attached hydrogens (tertiary/aromatic N) is 2. The lowest BCUT2D eigenvalue weighted by atomic mass is 10.0. The molecule has 1 fully saturated rings. The van der Waals surface area contributed by atoms with E-state index in [-0.39, 0.29) is 0 Å². The first-order valence-electron chi connectivity index (χ1n) is 5.86. The third-order valence-electron chi connectivity index (χ3n) is 2.91. The SMILES string of the molecule is O=C(O)C1CCCCN1/N=C/c1ccccc1. The van der Waals surface area contributed by atoms with Crippen LogP contribution >= 0.6 is 0 Å². The Morgan fingerprint density at radius 2 is 2.12 bits per heavy atom. The van der Waals surface area contributed by atoms with Gasteiger partial charge in [-0.2, -0.15) is 5.10 Å². The molecule has 0 radical (unpaired) electrons. The van der Waals surface area contributed by atoms with Crippen LogP contribution in [0.5, 0.6) is 0 Å². The van der Waals surface area contributed by atoms with E-state index in [0.29, 0.717) is 6.42 Å². The summed E-state index contributed by atoms with van der Waals surface area (Å²) in [5.41, 5.74) is 0.988. The maximum absolute atomic E-state index is 11.1. The Balaban J connectivity index is 2.06. The van der Waals surface area contributed by atoms with Crippen molar-refractivity contribution in [2.45, 2.75) is 25.3 Å². The van der Waals surface area contributed by atoms with Gasteiger partial charge in [-0.15, -0.1) is 0 Å². The Morgan fingerprint density at radius 1 is 1.35 bits per heavy atom. The van der Waals surface area contributed by atoms with Crippen LogP contribution in [0.3, 0.4) is 0 Å². The average molecular weight is 232 g/mol. The van der Waals surface area contributed by atoms with E-state index >= 15 is 0 Å². The summed E-state index contributed by atoms with van der Waals surface area (Å²) in [6, 6.07) is 9.24. The largest absolute Gasteiger partial charge is 0.480 e. The second kappa shape index (κ2) is 5.48. The van der Waals surface area contributed by atoms with Crippen LogP contribution in [0.25, 0.3) is 0 Å². The molecule has 4 nitrogen and oxygen atoms in total. The molecule has 2 rings (SSSR count). The van der Waals surface area contributed by atoms with Gasteiger partial charge < -0.3 is 5.11 Å². The van der Waals surface area contributed by atoms with Crippen molar-refractivity contribution in [1.82, 2.24) is 5.01 Å². The molecule has 90 valence electrons. The van der Waals surface area contributed by atoms with E-state index in [4.69, 9.17) is 5.11 Å². The molecule has 0 aromatic heterocycles. The Kier molecular flexibility index (Phi) is 3.75. The number of hydrazone groups is 1. The van der Waals surface area contributed by atoms with Crippen LogP contribution in [0.1, 0.15) is 24.8 Å². The van der Waals surface area contributed by atoms with Gasteiger partial charge in [0.2, 0.25) is 0 Å². The maximum atomic E-state index is 11.1. The normalized spacial score (nSPS) is 20.7. The van der Waals surface area contributed by atoms with Crippen LogP contribution in [-0.4, -0.2) is 34.9 Å². The van der Waals surface area contributed by atoms with E-state index in [1.165, 1.54) is 0 Å². The topological polar surface area (TPSA) is 52.9 Å². The number of carboxylic acid groups (broad SMARTS) is 1. The van der Waals surface area contributed by atoms with Crippen LogP contribution < -0.4 is 0 Å². The van der Waals surface area contributed by atoms with Gasteiger partial charge in [0.05, 0.1) is 6.21 Å². The highest BCUT2D eigenvalue weighted by molar-refractivity contribution is 5.79. The minimum Gasteiger partial charge on any atom is -0.480 e. The molecule has 1 aliphatic rings. The van der Waals surface area contributed by atoms with Crippen molar-refractivity contribution in [2.24, 2.45) is 5.10 Å². The predicted molar refractivity (Wildman–Crippen MR) is 66.0 cm³/mol. The van der Waals surface area contributed by atoms with Crippen LogP contribution in [-0.2, 0) is 4.79 Å². The highest BCUT2D eigenvalue weighted by Gasteiger charge is 2.26. The second-order valence-electron chi connectivity index (χ2n) is 4.17. The van der Waals surface area contributed by atoms with Gasteiger partial charge >= 0.3 is 5.97 Å². The van der Waals surface area contributed by atoms with E-state index < -0.39 is 12.0 Å². The number of rotatable bonds is 3. The van der Waals surface area contributed by atoms with Gasteiger partial charge in [0, 0.05) is 6.54 Å². The van der Waals surface area contributed by atoms with E-state index in [1.54, 1.807) is 11.2 Å². The minimum atomic E-state index is -0.782. The summed E-state index contributed by atoms with van der Waals surface area (Å²) < 4.78 is 0. The molecule has 0 spiro atoms. The molecule has 1 aromatic rings. The molecule has 1 heterocycles. The first-order chi connectivity index (χ1) is 8.27. The lowest BCUT2D eigenvalue weighted by Crippen LogP contribution is -2.41. The van der Waals surface area contributed by atoms with Gasteiger partial charge in [0.1, 0.15) is 6.04 Å². The van der Waals surface area contributed by atoms with Crippen molar-refractivity contribution in [3.63, 3.8) is 0 Å². The van der Waals surface area contributed by atoms with Crippen LogP contribution in [0.15, 0.2) is 35.4 Å². The molecule has 4 heteroatoms. The summed E-state index contributed by atoms with van der Waals surface area (Å²) in [5.74, 6) is -0.782. The van der Waals surface area contributed by atoms with Crippen molar-refractivity contribution >= 4 is 12.2 Å². The molecule has 17 heavy (non-hydrogen) atoms. The molecular formula is C13H16N2O2. The van der Waals surface area contributed by atoms with Crippen molar-refractivity contribution in [3.8, 4) is 0 Å². The summed E-state index contributed by atoms with van der Waals surface area (Å²) in [5, 5.41) is 15.1. The third-order valence-corrected chi connectivity index (χ3v) is 2.91. The molecular weight excluding hydrogens is 216 g/mol. The molecule has 1 saturated heterocycles. The highest BCUT2D eigenvalue weighted by atomic mass is 16.4. The van der Waals surface area contributed by atoms with Crippen molar-refractivity contribution in [2.75, 3.05) is 6.54 Å². The lowest BCUT2D eigenvalue weighted by molar-refractivity contribution is -0.144. The summed E-state index contributed by atoms with van der Waals surface area (Å²) in [7, 11) is 0.